The van der Waals surface area contributed by atoms with E-state index in [2.05, 4.69) is 72.3 Å². The van der Waals surface area contributed by atoms with Crippen molar-refractivity contribution < 1.29 is 4.79 Å². The lowest BCUT2D eigenvalue weighted by atomic mass is 10.2. The molecule has 0 fully saturated rings. The van der Waals surface area contributed by atoms with Gasteiger partial charge in [0.15, 0.2) is 0 Å². The Morgan fingerprint density at radius 3 is 2.16 bits per heavy atom. The maximum Gasteiger partial charge on any atom is 0.106 e. The quantitative estimate of drug-likeness (QED) is 0.724. The molecule has 2 nitrogen and oxygen atoms in total. The second-order valence-electron chi connectivity index (χ2n) is 3.87. The predicted octanol–water partition coefficient (Wildman–Crippen LogP) is 3.45. The number of nitrogens with zero attached hydrogens (tertiary/aromatic N) is 1. The number of fused-ring (bicyclic) bond motifs is 1. The highest BCUT2D eigenvalue weighted by Gasteiger charge is 2.18. The van der Waals surface area contributed by atoms with Crippen molar-refractivity contribution in [1.82, 2.24) is 0 Å². The van der Waals surface area contributed by atoms with Crippen LogP contribution in [0.1, 0.15) is 5.56 Å². The van der Waals surface area contributed by atoms with Gasteiger partial charge in [0.25, 0.3) is 0 Å². The van der Waals surface area contributed by atoms with E-state index >= 15 is 0 Å². The molecule has 0 saturated carbocycles. The van der Waals surface area contributed by atoms with Crippen LogP contribution < -0.4 is 4.90 Å². The van der Waals surface area contributed by atoms with Gasteiger partial charge < -0.3 is 9.69 Å². The number of carbonyl (C=O) groups is 1. The van der Waals surface area contributed by atoms with Crippen LogP contribution in [-0.4, -0.2) is 13.3 Å². The normalized spacial score (nSPS) is 11.4. The van der Waals surface area contributed by atoms with Crippen LogP contribution in [-0.2, 0) is 11.2 Å². The van der Waals surface area contributed by atoms with Crippen LogP contribution in [0.2, 0.25) is 0 Å². The van der Waals surface area contributed by atoms with Gasteiger partial charge in [-0.05, 0) is 30.2 Å². The summed E-state index contributed by atoms with van der Waals surface area (Å²) in [6, 6.07) is 19.2. The van der Waals surface area contributed by atoms with E-state index in [0.29, 0.717) is 0 Å². The number of terminal acetylenes is 1. The first-order valence-electron chi connectivity index (χ1n) is 5.98. The van der Waals surface area contributed by atoms with Crippen molar-refractivity contribution in [3.05, 3.63) is 60.2 Å². The molecule has 3 rings (SSSR count). The van der Waals surface area contributed by atoms with Crippen molar-refractivity contribution in [2.75, 3.05) is 11.4 Å². The average Bonchev–Trinajstić information content (AvgIpc) is 2.96. The number of hydrogen-bond donors (Lipinski definition) is 0. The second-order valence-corrected chi connectivity index (χ2v) is 3.87. The molecule has 0 unspecified atom stereocenters. The number of carbonyl (C=O) groups excluding carboxylic acids is 1. The molecule has 0 aliphatic carbocycles. The van der Waals surface area contributed by atoms with Crippen LogP contribution >= 0.6 is 0 Å². The molecule has 1 aliphatic rings. The molecule has 0 N–H and O–H groups in total. The minimum absolute atomic E-state index is 1.10. The molecule has 2 aromatic rings. The van der Waals surface area contributed by atoms with Crippen LogP contribution in [0.4, 0.5) is 11.4 Å². The third-order valence-electron chi connectivity index (χ3n) is 2.96. The smallest absolute Gasteiger partial charge is 0.106 e. The van der Waals surface area contributed by atoms with Gasteiger partial charge in [0.1, 0.15) is 6.79 Å². The number of para-hydroxylation sites is 2. The van der Waals surface area contributed by atoms with Gasteiger partial charge >= 0.3 is 0 Å². The van der Waals surface area contributed by atoms with Gasteiger partial charge in [-0.3, -0.25) is 0 Å². The van der Waals surface area contributed by atoms with Crippen molar-refractivity contribution in [3.8, 4) is 12.8 Å². The summed E-state index contributed by atoms with van der Waals surface area (Å²) in [5, 5.41) is 0. The molecule has 0 spiro atoms. The predicted molar refractivity (Wildman–Crippen MR) is 80.6 cm³/mol. The lowest BCUT2D eigenvalue weighted by molar-refractivity contribution is -0.0979. The maximum absolute atomic E-state index is 8.00. The average molecular weight is 251 g/mol. The topological polar surface area (TPSA) is 20.3 Å². The summed E-state index contributed by atoms with van der Waals surface area (Å²) in [4.78, 5) is 10.4. The van der Waals surface area contributed by atoms with Crippen LogP contribution in [0, 0.1) is 12.8 Å². The minimum atomic E-state index is 1.10. The van der Waals surface area contributed by atoms with E-state index < -0.39 is 0 Å². The van der Waals surface area contributed by atoms with Crippen molar-refractivity contribution in [2.24, 2.45) is 0 Å². The molecule has 0 atom stereocenters. The SMILES string of the molecule is C#C.C=O.c1ccc(N2CCc3ccccc32)cc1. The van der Waals surface area contributed by atoms with E-state index in [-0.39, 0.29) is 0 Å². The molecule has 0 bridgehead atoms. The molecule has 1 aliphatic heterocycles. The summed E-state index contributed by atoms with van der Waals surface area (Å²) >= 11 is 0. The Balaban J connectivity index is 0.000000415. The van der Waals surface area contributed by atoms with Crippen molar-refractivity contribution in [2.45, 2.75) is 6.42 Å². The summed E-state index contributed by atoms with van der Waals surface area (Å²) in [5.74, 6) is 0. The third kappa shape index (κ3) is 3.23. The Labute approximate surface area is 114 Å². The van der Waals surface area contributed by atoms with Gasteiger partial charge in [-0.25, -0.2) is 0 Å². The molecular weight excluding hydrogens is 234 g/mol. The first-order valence-corrected chi connectivity index (χ1v) is 5.98. The van der Waals surface area contributed by atoms with E-state index in [0.717, 1.165) is 13.0 Å². The number of benzene rings is 2. The Morgan fingerprint density at radius 2 is 1.47 bits per heavy atom. The lowest BCUT2D eigenvalue weighted by Gasteiger charge is -2.19. The Bertz CT molecular complexity index is 519. The first-order chi connectivity index (χ1) is 9.45. The molecule has 2 aromatic carbocycles. The van der Waals surface area contributed by atoms with Crippen LogP contribution in [0.3, 0.4) is 0 Å². The van der Waals surface area contributed by atoms with Crippen molar-refractivity contribution >= 4 is 18.2 Å². The minimum Gasteiger partial charge on any atom is -0.341 e. The summed E-state index contributed by atoms with van der Waals surface area (Å²) in [6.45, 7) is 3.10. The molecule has 2 heteroatoms. The zero-order valence-corrected chi connectivity index (χ0v) is 10.8. The highest BCUT2D eigenvalue weighted by atomic mass is 16.1. The molecule has 0 aromatic heterocycles. The summed E-state index contributed by atoms with van der Waals surface area (Å²) in [6.07, 6.45) is 9.16. The molecular formula is C17H17NO. The Hall–Kier alpha value is -2.53. The number of anilines is 2. The van der Waals surface area contributed by atoms with Crippen LogP contribution in [0.15, 0.2) is 54.6 Å². The Kier molecular flexibility index (Phi) is 5.91. The fourth-order valence-electron chi connectivity index (χ4n) is 2.21. The van der Waals surface area contributed by atoms with Gasteiger partial charge in [-0.2, -0.15) is 0 Å². The van der Waals surface area contributed by atoms with Gasteiger partial charge in [0.05, 0.1) is 0 Å². The zero-order valence-electron chi connectivity index (χ0n) is 10.8. The first kappa shape index (κ1) is 14.5. The van der Waals surface area contributed by atoms with Gasteiger partial charge in [-0.1, -0.05) is 36.4 Å². The van der Waals surface area contributed by atoms with Crippen molar-refractivity contribution in [3.63, 3.8) is 0 Å². The fraction of sp³-hybridized carbons (Fsp3) is 0.118. The second kappa shape index (κ2) is 7.73. The maximum atomic E-state index is 8.00. The van der Waals surface area contributed by atoms with Gasteiger partial charge in [0.2, 0.25) is 0 Å². The molecule has 0 saturated heterocycles. The summed E-state index contributed by atoms with van der Waals surface area (Å²) in [7, 11) is 0. The Morgan fingerprint density at radius 1 is 0.895 bits per heavy atom. The molecule has 1 heterocycles. The van der Waals surface area contributed by atoms with Crippen LogP contribution in [0.5, 0.6) is 0 Å². The van der Waals surface area contributed by atoms with E-state index in [1.807, 2.05) is 6.79 Å². The summed E-state index contributed by atoms with van der Waals surface area (Å²) in [5.41, 5.74) is 4.12. The summed E-state index contributed by atoms with van der Waals surface area (Å²) < 4.78 is 0. The fourth-order valence-corrected chi connectivity index (χ4v) is 2.21. The van der Waals surface area contributed by atoms with E-state index in [1.54, 1.807) is 0 Å². The number of rotatable bonds is 1. The molecule has 96 valence electrons. The molecule has 0 amide bonds. The monoisotopic (exact) mass is 251 g/mol. The lowest BCUT2D eigenvalue weighted by Crippen LogP contribution is -2.12. The van der Waals surface area contributed by atoms with Gasteiger partial charge in [0, 0.05) is 17.9 Å². The molecule has 0 radical (unpaired) electrons. The van der Waals surface area contributed by atoms with E-state index in [9.17, 15) is 0 Å². The van der Waals surface area contributed by atoms with E-state index in [1.165, 1.54) is 16.9 Å². The highest BCUT2D eigenvalue weighted by Crippen LogP contribution is 2.33. The standard InChI is InChI=1S/C14H13N.C2H2.CH2O/c1-2-7-13(8-3-1)15-11-10-12-6-4-5-9-14(12)15;2*1-2/h1-9H,10-11H2;1-2H;1H2. The van der Waals surface area contributed by atoms with Gasteiger partial charge in [-0.15, -0.1) is 12.8 Å². The van der Waals surface area contributed by atoms with Crippen LogP contribution in [0.25, 0.3) is 0 Å². The number of hydrogen-bond acceptors (Lipinski definition) is 2. The largest absolute Gasteiger partial charge is 0.341 e. The zero-order chi connectivity index (χ0) is 14.1. The third-order valence-corrected chi connectivity index (χ3v) is 2.96. The van der Waals surface area contributed by atoms with E-state index in [4.69, 9.17) is 4.79 Å². The molecule has 19 heavy (non-hydrogen) atoms. The highest BCUT2D eigenvalue weighted by molar-refractivity contribution is 5.69. The van der Waals surface area contributed by atoms with Crippen molar-refractivity contribution in [1.29, 1.82) is 0 Å².